The highest BCUT2D eigenvalue weighted by atomic mass is 32.1. The maximum atomic E-state index is 2.52. The summed E-state index contributed by atoms with van der Waals surface area (Å²) in [6.45, 7) is 4.47. The minimum atomic E-state index is -0.281. The topological polar surface area (TPSA) is 0 Å². The molecule has 6 aromatic rings. The molecular weight excluding hydrogens is 509 g/mol. The van der Waals surface area contributed by atoms with Gasteiger partial charge in [-0.1, -0.05) is 66.7 Å². The first kappa shape index (κ1) is 22.1. The molecule has 0 radical (unpaired) electrons. The highest BCUT2D eigenvalue weighted by molar-refractivity contribution is 7.14. The fourth-order valence-electron chi connectivity index (χ4n) is 7.60. The van der Waals surface area contributed by atoms with E-state index in [0.717, 1.165) is 12.8 Å². The molecular formula is C37H26S2. The van der Waals surface area contributed by atoms with E-state index in [0.29, 0.717) is 0 Å². The molecule has 2 heterocycles. The lowest BCUT2D eigenvalue weighted by Crippen LogP contribution is -2.26. The Kier molecular flexibility index (Phi) is 4.36. The van der Waals surface area contributed by atoms with E-state index in [1.54, 1.807) is 0 Å². The monoisotopic (exact) mass is 534 g/mol. The maximum Gasteiger partial charge on any atom is 0.0899 e. The van der Waals surface area contributed by atoms with Gasteiger partial charge in [0.15, 0.2) is 0 Å². The van der Waals surface area contributed by atoms with Crippen LogP contribution >= 0.6 is 22.7 Å². The van der Waals surface area contributed by atoms with Gasteiger partial charge in [0.2, 0.25) is 0 Å². The molecule has 0 N–H and O–H groups in total. The maximum absolute atomic E-state index is 2.52. The number of hydrogen-bond donors (Lipinski definition) is 0. The molecule has 3 aliphatic carbocycles. The van der Waals surface area contributed by atoms with E-state index in [-0.39, 0.29) is 5.41 Å². The molecule has 0 unspecified atom stereocenters. The van der Waals surface area contributed by atoms with Gasteiger partial charge in [-0.15, -0.1) is 22.7 Å². The van der Waals surface area contributed by atoms with Crippen LogP contribution < -0.4 is 0 Å². The van der Waals surface area contributed by atoms with Crippen molar-refractivity contribution in [1.29, 1.82) is 0 Å². The molecule has 0 fully saturated rings. The third-order valence-corrected chi connectivity index (χ3v) is 11.4. The van der Waals surface area contributed by atoms with Crippen molar-refractivity contribution in [2.45, 2.75) is 32.1 Å². The number of benzene rings is 4. The summed E-state index contributed by atoms with van der Waals surface area (Å²) in [5.74, 6) is 0. The van der Waals surface area contributed by atoms with E-state index in [4.69, 9.17) is 0 Å². The second-order valence-electron chi connectivity index (χ2n) is 11.4. The lowest BCUT2D eigenvalue weighted by atomic mass is 9.75. The molecule has 0 aliphatic heterocycles. The van der Waals surface area contributed by atoms with Crippen molar-refractivity contribution in [3.05, 3.63) is 150 Å². The van der Waals surface area contributed by atoms with Crippen LogP contribution in [0.1, 0.15) is 52.9 Å². The summed E-state index contributed by atoms with van der Waals surface area (Å²) in [5, 5.41) is 0. The number of hydrogen-bond acceptors (Lipinski definition) is 2. The first-order valence-corrected chi connectivity index (χ1v) is 15.4. The second kappa shape index (κ2) is 7.69. The van der Waals surface area contributed by atoms with Crippen molar-refractivity contribution in [2.24, 2.45) is 0 Å². The van der Waals surface area contributed by atoms with Crippen LogP contribution in [-0.2, 0) is 18.3 Å². The van der Waals surface area contributed by atoms with Gasteiger partial charge >= 0.3 is 0 Å². The normalized spacial score (nSPS) is 14.9. The fraction of sp³-hybridized carbons (Fsp3) is 0.135. The van der Waals surface area contributed by atoms with Gasteiger partial charge < -0.3 is 0 Å². The smallest absolute Gasteiger partial charge is 0.0899 e. The molecule has 0 bridgehead atoms. The SMILES string of the molecule is Cc1ccc(C2(c3ccc(C)s3)c3ccccc3-c3ccc(-c4cc5c6c(c4)Cc4cccc(c4-6)C5)cc32)s1. The van der Waals surface area contributed by atoms with E-state index >= 15 is 0 Å². The second-order valence-corrected chi connectivity index (χ2v) is 13.9. The summed E-state index contributed by atoms with van der Waals surface area (Å²) in [5.41, 5.74) is 17.0. The average Bonchev–Trinajstić information content (AvgIpc) is 3.76. The van der Waals surface area contributed by atoms with E-state index < -0.39 is 0 Å². The predicted octanol–water partition coefficient (Wildman–Crippen LogP) is 9.93. The van der Waals surface area contributed by atoms with Crippen molar-refractivity contribution in [1.82, 2.24) is 0 Å². The Morgan fingerprint density at radius 1 is 0.513 bits per heavy atom. The summed E-state index contributed by atoms with van der Waals surface area (Å²) >= 11 is 3.89. The molecule has 39 heavy (non-hydrogen) atoms. The molecule has 4 aromatic carbocycles. The Hall–Kier alpha value is -3.72. The van der Waals surface area contributed by atoms with Crippen molar-refractivity contribution in [3.63, 3.8) is 0 Å². The van der Waals surface area contributed by atoms with Crippen molar-refractivity contribution in [2.75, 3.05) is 0 Å². The molecule has 0 saturated heterocycles. The van der Waals surface area contributed by atoms with Gasteiger partial charge in [-0.2, -0.15) is 0 Å². The van der Waals surface area contributed by atoms with Crippen LogP contribution in [0.4, 0.5) is 0 Å². The van der Waals surface area contributed by atoms with Crippen LogP contribution in [0, 0.1) is 13.8 Å². The lowest BCUT2D eigenvalue weighted by molar-refractivity contribution is 0.808. The van der Waals surface area contributed by atoms with Gasteiger partial charge in [-0.25, -0.2) is 0 Å². The number of fused-ring (bicyclic) bond motifs is 3. The first-order chi connectivity index (χ1) is 19.1. The Morgan fingerprint density at radius 2 is 1.13 bits per heavy atom. The minimum absolute atomic E-state index is 0.281. The number of aryl methyl sites for hydroxylation is 2. The molecule has 2 aromatic heterocycles. The van der Waals surface area contributed by atoms with Gasteiger partial charge in [0, 0.05) is 19.5 Å². The number of rotatable bonds is 3. The van der Waals surface area contributed by atoms with E-state index in [2.05, 4.69) is 111 Å². The van der Waals surface area contributed by atoms with Gasteiger partial charge in [0.25, 0.3) is 0 Å². The van der Waals surface area contributed by atoms with E-state index in [1.165, 1.54) is 86.3 Å². The quantitative estimate of drug-likeness (QED) is 0.212. The first-order valence-electron chi connectivity index (χ1n) is 13.8. The summed E-state index contributed by atoms with van der Waals surface area (Å²) in [6.07, 6.45) is 2.12. The molecule has 9 rings (SSSR count). The Balaban J connectivity index is 1.30. The highest BCUT2D eigenvalue weighted by Crippen LogP contribution is 2.59. The fourth-order valence-corrected chi connectivity index (χ4v) is 9.87. The van der Waals surface area contributed by atoms with Gasteiger partial charge in [-0.05, 0) is 124 Å². The molecule has 3 aliphatic rings. The van der Waals surface area contributed by atoms with Crippen molar-refractivity contribution >= 4 is 22.7 Å². The zero-order valence-corrected chi connectivity index (χ0v) is 23.6. The molecule has 0 spiro atoms. The Bertz CT molecular complexity index is 1910. The van der Waals surface area contributed by atoms with Crippen LogP contribution in [-0.4, -0.2) is 0 Å². The molecule has 0 saturated carbocycles. The van der Waals surface area contributed by atoms with Crippen LogP contribution in [0.15, 0.2) is 97.1 Å². The van der Waals surface area contributed by atoms with Crippen LogP contribution in [0.25, 0.3) is 33.4 Å². The third-order valence-electron chi connectivity index (χ3n) is 9.15. The Morgan fingerprint density at radius 3 is 1.77 bits per heavy atom. The zero-order valence-electron chi connectivity index (χ0n) is 22.0. The van der Waals surface area contributed by atoms with Crippen LogP contribution in [0.2, 0.25) is 0 Å². The van der Waals surface area contributed by atoms with Crippen molar-refractivity contribution < 1.29 is 0 Å². The Labute approximate surface area is 237 Å². The van der Waals surface area contributed by atoms with Gasteiger partial charge in [0.1, 0.15) is 0 Å². The molecule has 2 heteroatoms. The summed E-state index contributed by atoms with van der Waals surface area (Å²) < 4.78 is 0. The van der Waals surface area contributed by atoms with Crippen molar-refractivity contribution in [3.8, 4) is 33.4 Å². The minimum Gasteiger partial charge on any atom is -0.144 e. The number of thiophene rings is 2. The zero-order chi connectivity index (χ0) is 25.9. The van der Waals surface area contributed by atoms with Crippen LogP contribution in [0.5, 0.6) is 0 Å². The molecule has 186 valence electrons. The highest BCUT2D eigenvalue weighted by Gasteiger charge is 2.48. The van der Waals surface area contributed by atoms with Gasteiger partial charge in [0.05, 0.1) is 5.41 Å². The predicted molar refractivity (Wildman–Crippen MR) is 165 cm³/mol. The standard InChI is InChI=1S/C37H26S2/c1-21-10-14-33(38-21)37(34-15-11-22(2)39-34)31-9-4-3-8-29(31)30-13-12-23(20-32(30)37)26-18-27-16-24-6-5-7-25-17-28(19-26)36(27)35(24)25/h3-15,18-20H,16-17H2,1-2H3. The summed E-state index contributed by atoms with van der Waals surface area (Å²) in [7, 11) is 0. The van der Waals surface area contributed by atoms with Crippen LogP contribution in [0.3, 0.4) is 0 Å². The molecule has 0 amide bonds. The third kappa shape index (κ3) is 2.83. The largest absolute Gasteiger partial charge is 0.144 e. The van der Waals surface area contributed by atoms with E-state index in [9.17, 15) is 0 Å². The summed E-state index contributed by atoms with van der Waals surface area (Å²) in [4.78, 5) is 5.56. The lowest BCUT2D eigenvalue weighted by Gasteiger charge is -2.31. The van der Waals surface area contributed by atoms with E-state index in [1.807, 2.05) is 22.7 Å². The molecule has 0 nitrogen and oxygen atoms in total. The summed E-state index contributed by atoms with van der Waals surface area (Å²) in [6, 6.07) is 37.5. The van der Waals surface area contributed by atoms with Gasteiger partial charge in [-0.3, -0.25) is 0 Å². The molecule has 0 atom stereocenters. The average molecular weight is 535 g/mol.